The molecule has 6 nitrogen and oxygen atoms in total. The van der Waals surface area contributed by atoms with Gasteiger partial charge in [-0.3, -0.25) is 8.97 Å². The first-order valence-electron chi connectivity index (χ1n) is 25.3. The van der Waals surface area contributed by atoms with Crippen LogP contribution in [0, 0.1) is 13.7 Å². The number of hydrogen-bond donors (Lipinski definition) is 0. The number of hydrogen-bond acceptors (Lipinski definition) is 4. The molecule has 0 saturated carbocycles. The van der Waals surface area contributed by atoms with Gasteiger partial charge in [-0.15, -0.1) is 0 Å². The molecule has 65 heavy (non-hydrogen) atoms. The molecule has 0 saturated heterocycles. The zero-order valence-electron chi connectivity index (χ0n) is 43.5. The normalized spacial score (nSPS) is 16.4. The summed E-state index contributed by atoms with van der Waals surface area (Å²) < 4.78 is 66.6. The Morgan fingerprint density at radius 3 is 1.98 bits per heavy atom. The Kier molecular flexibility index (Phi) is 6.95. The third-order valence-electron chi connectivity index (χ3n) is 14.6. The SMILES string of the molecule is [2H]C([2H])([2H])c1ccc2c(c1)Oc1c(cc(-n3c4ccccc4n4c5ccccc5nc34)c(C([2H])([2H])[2H])c1-c1cc3c(cc1C(C)(C)C)-c1ccccc1-c1cncnc1-c1ccccc1-3)C(C)(C)C2(C)C. The molecule has 3 aromatic heterocycles. The van der Waals surface area contributed by atoms with Crippen LogP contribution in [0.4, 0.5) is 0 Å². The molecule has 0 atom stereocenters. The van der Waals surface area contributed by atoms with Gasteiger partial charge in [-0.1, -0.05) is 133 Å². The maximum Gasteiger partial charge on any atom is 0.220 e. The summed E-state index contributed by atoms with van der Waals surface area (Å²) in [6.45, 7) is 9.95. The highest BCUT2D eigenvalue weighted by Crippen LogP contribution is 2.59. The highest BCUT2D eigenvalue weighted by atomic mass is 16.5. The van der Waals surface area contributed by atoms with E-state index < -0.39 is 29.9 Å². The largest absolute Gasteiger partial charge is 0.456 e. The van der Waals surface area contributed by atoms with E-state index in [1.54, 1.807) is 18.5 Å². The minimum Gasteiger partial charge on any atom is -0.456 e. The molecule has 0 amide bonds. The summed E-state index contributed by atoms with van der Waals surface area (Å²) in [5.41, 5.74) is 12.9. The minimum atomic E-state index is -2.76. The number of para-hydroxylation sites is 4. The Labute approximate surface area is 388 Å². The monoisotopic (exact) mass is 851 g/mol. The van der Waals surface area contributed by atoms with Crippen LogP contribution < -0.4 is 4.74 Å². The summed E-state index contributed by atoms with van der Waals surface area (Å²) >= 11 is 0. The molecule has 318 valence electrons. The van der Waals surface area contributed by atoms with Crippen molar-refractivity contribution < 1.29 is 13.0 Å². The highest BCUT2D eigenvalue weighted by Gasteiger charge is 2.47. The van der Waals surface area contributed by atoms with E-state index in [-0.39, 0.29) is 11.1 Å². The molecule has 0 fully saturated rings. The van der Waals surface area contributed by atoms with Gasteiger partial charge in [-0.25, -0.2) is 15.0 Å². The first-order chi connectivity index (χ1) is 33.7. The predicted octanol–water partition coefficient (Wildman–Crippen LogP) is 15.1. The molecule has 0 N–H and O–H groups in total. The lowest BCUT2D eigenvalue weighted by molar-refractivity contribution is 0.306. The number of rotatable bonds is 2. The molecule has 0 bridgehead atoms. The van der Waals surface area contributed by atoms with Crippen LogP contribution in [-0.2, 0) is 16.2 Å². The van der Waals surface area contributed by atoms with Crippen molar-refractivity contribution in [3.05, 3.63) is 174 Å². The van der Waals surface area contributed by atoms with Crippen molar-refractivity contribution in [2.45, 2.75) is 78.4 Å². The number of benzene rings is 7. The summed E-state index contributed by atoms with van der Waals surface area (Å²) in [5.74, 6) is 1.30. The van der Waals surface area contributed by atoms with Crippen molar-refractivity contribution in [3.63, 3.8) is 0 Å². The fourth-order valence-electron chi connectivity index (χ4n) is 10.6. The summed E-state index contributed by atoms with van der Waals surface area (Å²) in [6, 6.07) is 44.2. The van der Waals surface area contributed by atoms with Crippen molar-refractivity contribution >= 4 is 27.8 Å². The van der Waals surface area contributed by atoms with Gasteiger partial charge in [0.2, 0.25) is 5.78 Å². The van der Waals surface area contributed by atoms with E-state index in [9.17, 15) is 4.11 Å². The number of fused-ring (bicyclic) bond motifs is 15. The molecular formula is C59H51N5O. The quantitative estimate of drug-likeness (QED) is 0.174. The average Bonchev–Trinajstić information content (AvgIpc) is 3.85. The molecule has 0 radical (unpaired) electrons. The van der Waals surface area contributed by atoms with E-state index in [1.807, 2.05) is 95.7 Å². The fourth-order valence-corrected chi connectivity index (χ4v) is 10.6. The molecule has 6 heteroatoms. The summed E-state index contributed by atoms with van der Waals surface area (Å²) in [6.07, 6.45) is 3.46. The molecule has 4 heterocycles. The van der Waals surface area contributed by atoms with Crippen LogP contribution in [0.15, 0.2) is 146 Å². The molecule has 1 aliphatic heterocycles. The van der Waals surface area contributed by atoms with Crippen LogP contribution in [0.3, 0.4) is 0 Å². The summed E-state index contributed by atoms with van der Waals surface area (Å²) in [4.78, 5) is 14.7. The van der Waals surface area contributed by atoms with Crippen molar-refractivity contribution in [1.82, 2.24) is 23.9 Å². The Morgan fingerprint density at radius 2 is 1.25 bits per heavy atom. The molecule has 7 aromatic carbocycles. The van der Waals surface area contributed by atoms with Crippen molar-refractivity contribution in [2.24, 2.45) is 0 Å². The highest BCUT2D eigenvalue weighted by molar-refractivity contribution is 6.04. The lowest BCUT2D eigenvalue weighted by Gasteiger charge is -2.42. The first-order valence-corrected chi connectivity index (χ1v) is 22.3. The number of nitrogens with zero attached hydrogens (tertiary/aromatic N) is 5. The lowest BCUT2D eigenvalue weighted by Crippen LogP contribution is -2.39. The molecule has 0 spiro atoms. The van der Waals surface area contributed by atoms with Gasteiger partial charge in [-0.05, 0) is 118 Å². The van der Waals surface area contributed by atoms with E-state index in [1.165, 1.54) is 0 Å². The average molecular weight is 852 g/mol. The Bertz CT molecular complexity index is 3890. The van der Waals surface area contributed by atoms with E-state index in [2.05, 4.69) is 94.2 Å². The third-order valence-corrected chi connectivity index (χ3v) is 14.6. The molecule has 10 aromatic rings. The van der Waals surface area contributed by atoms with Crippen LogP contribution in [-0.4, -0.2) is 23.9 Å². The van der Waals surface area contributed by atoms with Crippen LogP contribution >= 0.6 is 0 Å². The first kappa shape index (κ1) is 33.2. The predicted molar refractivity (Wildman–Crippen MR) is 267 cm³/mol. The van der Waals surface area contributed by atoms with Crippen LogP contribution in [0.5, 0.6) is 11.5 Å². The Morgan fingerprint density at radius 1 is 0.600 bits per heavy atom. The maximum absolute atomic E-state index is 9.86. The van der Waals surface area contributed by atoms with Crippen molar-refractivity contribution in [2.75, 3.05) is 0 Å². The molecule has 2 aliphatic rings. The van der Waals surface area contributed by atoms with E-state index >= 15 is 0 Å². The fraction of sp³-hybridized carbons (Fsp3) is 0.203. The lowest BCUT2D eigenvalue weighted by atomic mass is 9.60. The second-order valence-electron chi connectivity index (χ2n) is 19.7. The number of ether oxygens (including phenoxy) is 1. The molecular weight excluding hydrogens is 795 g/mol. The Balaban J connectivity index is 1.31. The van der Waals surface area contributed by atoms with Gasteiger partial charge in [0.25, 0.3) is 0 Å². The third kappa shape index (κ3) is 5.49. The van der Waals surface area contributed by atoms with E-state index in [0.717, 1.165) is 83.4 Å². The van der Waals surface area contributed by atoms with Gasteiger partial charge >= 0.3 is 0 Å². The molecule has 12 rings (SSSR count). The van der Waals surface area contributed by atoms with Crippen LogP contribution in [0.25, 0.3) is 89.3 Å². The molecule has 1 aliphatic carbocycles. The second kappa shape index (κ2) is 13.6. The number of aryl methyl sites for hydroxylation is 1. The van der Waals surface area contributed by atoms with Gasteiger partial charge < -0.3 is 4.74 Å². The maximum atomic E-state index is 9.86. The van der Waals surface area contributed by atoms with Gasteiger partial charge in [0.15, 0.2) is 0 Å². The van der Waals surface area contributed by atoms with Gasteiger partial charge in [0, 0.05) is 53.1 Å². The van der Waals surface area contributed by atoms with Gasteiger partial charge in [0.05, 0.1) is 33.4 Å². The Hall–Kier alpha value is -7.31. The minimum absolute atomic E-state index is 0.0821. The summed E-state index contributed by atoms with van der Waals surface area (Å²) in [5, 5.41) is 0. The topological polar surface area (TPSA) is 57.2 Å². The van der Waals surface area contributed by atoms with E-state index in [0.29, 0.717) is 34.1 Å². The van der Waals surface area contributed by atoms with Gasteiger partial charge in [0.1, 0.15) is 17.8 Å². The second-order valence-corrected chi connectivity index (χ2v) is 19.7. The van der Waals surface area contributed by atoms with Crippen LogP contribution in [0.1, 0.15) is 84.5 Å². The standard InChI is InChI=1S/C59H51N5O/c1-34-26-27-44-52(28-34)65-55-46(59(8,9)58(44,6)7)31-51(64-50-25-17-16-24-49(50)63-48-23-15-14-22-47(48)62-56(63)64)35(2)53(55)42-29-40-38-20-12-13-21-39(38)54-43(32-60-33-61-54)37-19-11-10-18-36(37)41(40)30-45(42)57(3,4)5/h10-33H,1-9H3/i1D3,2D3. The van der Waals surface area contributed by atoms with Crippen molar-refractivity contribution in [3.8, 4) is 73.0 Å². The zero-order valence-corrected chi connectivity index (χ0v) is 37.5. The van der Waals surface area contributed by atoms with Crippen LogP contribution in [0.2, 0.25) is 0 Å². The van der Waals surface area contributed by atoms with E-state index in [4.69, 9.17) is 18.8 Å². The number of imidazole rings is 2. The smallest absolute Gasteiger partial charge is 0.220 e. The van der Waals surface area contributed by atoms with Crippen molar-refractivity contribution in [1.29, 1.82) is 0 Å². The molecule has 0 unspecified atom stereocenters. The summed E-state index contributed by atoms with van der Waals surface area (Å²) in [7, 11) is 0. The number of aromatic nitrogens is 5. The zero-order chi connectivity index (χ0) is 49.7. The van der Waals surface area contributed by atoms with Gasteiger partial charge in [-0.2, -0.15) is 0 Å².